The lowest BCUT2D eigenvalue weighted by Crippen LogP contribution is -2.22. The molecule has 0 amide bonds. The molecular weight excluding hydrogens is 326 g/mol. The molecule has 4 heteroatoms. The third-order valence-corrected chi connectivity index (χ3v) is 5.41. The summed E-state index contributed by atoms with van der Waals surface area (Å²) in [4.78, 5) is 3.84. The molecule has 2 aromatic rings. The lowest BCUT2D eigenvalue weighted by Gasteiger charge is -2.15. The maximum Gasteiger partial charge on any atom is 0.115 e. The summed E-state index contributed by atoms with van der Waals surface area (Å²) in [5, 5.41) is 10.0. The van der Waals surface area contributed by atoms with Crippen molar-refractivity contribution in [2.75, 3.05) is 19.6 Å². The second kappa shape index (κ2) is 9.21. The number of rotatable bonds is 6. The van der Waals surface area contributed by atoms with Crippen LogP contribution in [0.4, 0.5) is 0 Å². The topological polar surface area (TPSA) is 23.5 Å². The first-order valence-corrected chi connectivity index (χ1v) is 8.89. The van der Waals surface area contributed by atoms with Gasteiger partial charge in [-0.1, -0.05) is 30.3 Å². The molecule has 3 rings (SSSR count). The molecule has 2 nitrogen and oxygen atoms in total. The number of benzene rings is 2. The van der Waals surface area contributed by atoms with E-state index in [1.165, 1.54) is 49.4 Å². The van der Waals surface area contributed by atoms with Gasteiger partial charge in [-0.2, -0.15) is 0 Å². The molecule has 1 aliphatic heterocycles. The summed E-state index contributed by atoms with van der Waals surface area (Å²) in [6, 6.07) is 18.3. The van der Waals surface area contributed by atoms with Crippen molar-refractivity contribution < 1.29 is 5.11 Å². The molecule has 0 spiro atoms. The van der Waals surface area contributed by atoms with Gasteiger partial charge in [0.05, 0.1) is 0 Å². The van der Waals surface area contributed by atoms with Crippen molar-refractivity contribution in [1.29, 1.82) is 0 Å². The van der Waals surface area contributed by atoms with Crippen LogP contribution in [0, 0.1) is 0 Å². The van der Waals surface area contributed by atoms with Crippen LogP contribution in [0.2, 0.25) is 0 Å². The fourth-order valence-electron chi connectivity index (χ4n) is 2.97. The highest BCUT2D eigenvalue weighted by Gasteiger charge is 2.22. The molecule has 1 aliphatic rings. The molecule has 1 N–H and O–H groups in total. The zero-order chi connectivity index (χ0) is 15.2. The summed E-state index contributed by atoms with van der Waals surface area (Å²) in [5.74, 6) is 0.346. The summed E-state index contributed by atoms with van der Waals surface area (Å²) in [6.45, 7) is 3.59. The molecule has 0 bridgehead atoms. The minimum absolute atomic E-state index is 0. The molecular formula is C19H24ClNOS. The van der Waals surface area contributed by atoms with Gasteiger partial charge in [0, 0.05) is 16.7 Å². The molecule has 2 aromatic carbocycles. The molecule has 1 atom stereocenters. The first kappa shape index (κ1) is 18.2. The Labute approximate surface area is 149 Å². The molecule has 1 unspecified atom stereocenters. The Morgan fingerprint density at radius 1 is 1.04 bits per heavy atom. The largest absolute Gasteiger partial charge is 0.508 e. The maximum atomic E-state index is 9.33. The van der Waals surface area contributed by atoms with E-state index in [1.54, 1.807) is 12.1 Å². The smallest absolute Gasteiger partial charge is 0.115 e. The highest BCUT2D eigenvalue weighted by molar-refractivity contribution is 8.00. The Morgan fingerprint density at radius 3 is 2.52 bits per heavy atom. The quantitative estimate of drug-likeness (QED) is 0.823. The van der Waals surface area contributed by atoms with Crippen molar-refractivity contribution in [3.05, 3.63) is 60.2 Å². The van der Waals surface area contributed by atoms with Gasteiger partial charge in [-0.3, -0.25) is 0 Å². The Balaban J connectivity index is 0.00000192. The second-order valence-corrected chi connectivity index (χ2v) is 7.29. The van der Waals surface area contributed by atoms with E-state index in [-0.39, 0.29) is 12.4 Å². The van der Waals surface area contributed by atoms with Gasteiger partial charge in [-0.05, 0) is 62.2 Å². The Hall–Kier alpha value is -1.16. The van der Waals surface area contributed by atoms with E-state index in [9.17, 15) is 5.11 Å². The normalized spacial score (nSPS) is 17.8. The summed E-state index contributed by atoms with van der Waals surface area (Å²) in [6.07, 6.45) is 3.67. The van der Waals surface area contributed by atoms with Crippen LogP contribution < -0.4 is 0 Å². The average Bonchev–Trinajstić information content (AvgIpc) is 2.98. The van der Waals surface area contributed by atoms with Gasteiger partial charge in [-0.25, -0.2) is 0 Å². The van der Waals surface area contributed by atoms with Crippen molar-refractivity contribution in [1.82, 2.24) is 4.90 Å². The molecule has 0 saturated carbocycles. The van der Waals surface area contributed by atoms with Crippen LogP contribution in [0.15, 0.2) is 59.5 Å². The van der Waals surface area contributed by atoms with Crippen LogP contribution in [0.25, 0.3) is 0 Å². The molecule has 124 valence electrons. The molecule has 23 heavy (non-hydrogen) atoms. The van der Waals surface area contributed by atoms with Gasteiger partial charge < -0.3 is 10.0 Å². The second-order valence-electron chi connectivity index (χ2n) is 5.91. The van der Waals surface area contributed by atoms with Crippen LogP contribution in [0.5, 0.6) is 5.75 Å². The zero-order valence-corrected chi connectivity index (χ0v) is 14.9. The number of phenolic OH excluding ortho intramolecular Hbond substituents is 1. The first-order valence-electron chi connectivity index (χ1n) is 8.01. The average molecular weight is 350 g/mol. The van der Waals surface area contributed by atoms with E-state index in [1.807, 2.05) is 23.9 Å². The van der Waals surface area contributed by atoms with Crippen molar-refractivity contribution in [2.45, 2.75) is 29.4 Å². The monoisotopic (exact) mass is 349 g/mol. The van der Waals surface area contributed by atoms with Crippen molar-refractivity contribution in [2.24, 2.45) is 0 Å². The van der Waals surface area contributed by atoms with Crippen LogP contribution >= 0.6 is 24.2 Å². The predicted octanol–water partition coefficient (Wildman–Crippen LogP) is 4.61. The van der Waals surface area contributed by atoms with E-state index in [0.29, 0.717) is 11.0 Å². The number of hydrogen-bond donors (Lipinski definition) is 1. The fourth-order valence-corrected chi connectivity index (χ4v) is 4.15. The van der Waals surface area contributed by atoms with E-state index in [0.717, 1.165) is 0 Å². The minimum atomic E-state index is 0. The zero-order valence-electron chi connectivity index (χ0n) is 13.2. The number of thioether (sulfide) groups is 1. The van der Waals surface area contributed by atoms with E-state index in [2.05, 4.69) is 35.2 Å². The molecule has 0 aliphatic carbocycles. The van der Waals surface area contributed by atoms with Gasteiger partial charge in [-0.15, -0.1) is 24.2 Å². The summed E-state index contributed by atoms with van der Waals surface area (Å²) in [5.41, 5.74) is 1.44. The third-order valence-electron chi connectivity index (χ3n) is 4.15. The minimum Gasteiger partial charge on any atom is -0.508 e. The fraction of sp³-hybridized carbons (Fsp3) is 0.368. The molecule has 1 heterocycles. The highest BCUT2D eigenvalue weighted by atomic mass is 35.5. The van der Waals surface area contributed by atoms with Crippen molar-refractivity contribution in [3.8, 4) is 5.75 Å². The Bertz CT molecular complexity index is 576. The number of halogens is 1. The summed E-state index contributed by atoms with van der Waals surface area (Å²) in [7, 11) is 0. The highest BCUT2D eigenvalue weighted by Crippen LogP contribution is 2.30. The van der Waals surface area contributed by atoms with E-state index in [4.69, 9.17) is 0 Å². The van der Waals surface area contributed by atoms with Gasteiger partial charge in [0.15, 0.2) is 0 Å². The standard InChI is InChI=1S/C19H23NOS.ClH/c21-17-8-10-18(11-9-17)22-19-12-14-20(15-19)13-4-7-16-5-2-1-3-6-16;/h1-3,5-6,8-11,19,21H,4,7,12-15H2;1H. The lowest BCUT2D eigenvalue weighted by molar-refractivity contribution is 0.335. The predicted molar refractivity (Wildman–Crippen MR) is 101 cm³/mol. The first-order chi connectivity index (χ1) is 10.8. The van der Waals surface area contributed by atoms with Crippen LogP contribution in [-0.2, 0) is 6.42 Å². The Kier molecular flexibility index (Phi) is 7.28. The van der Waals surface area contributed by atoms with Gasteiger partial charge >= 0.3 is 0 Å². The number of nitrogens with zero attached hydrogens (tertiary/aromatic N) is 1. The molecule has 1 saturated heterocycles. The van der Waals surface area contributed by atoms with Crippen molar-refractivity contribution in [3.63, 3.8) is 0 Å². The SMILES string of the molecule is Cl.Oc1ccc(SC2CCN(CCCc3ccccc3)C2)cc1. The van der Waals surface area contributed by atoms with Crippen LogP contribution in [0.3, 0.4) is 0 Å². The maximum absolute atomic E-state index is 9.33. The van der Waals surface area contributed by atoms with E-state index >= 15 is 0 Å². The van der Waals surface area contributed by atoms with Gasteiger partial charge in [0.25, 0.3) is 0 Å². The van der Waals surface area contributed by atoms with E-state index < -0.39 is 0 Å². The Morgan fingerprint density at radius 2 is 1.78 bits per heavy atom. The van der Waals surface area contributed by atoms with Gasteiger partial charge in [0.2, 0.25) is 0 Å². The van der Waals surface area contributed by atoms with Crippen LogP contribution in [-0.4, -0.2) is 34.9 Å². The number of aryl methyl sites for hydroxylation is 1. The number of phenols is 1. The molecule has 0 radical (unpaired) electrons. The van der Waals surface area contributed by atoms with Crippen LogP contribution in [0.1, 0.15) is 18.4 Å². The number of likely N-dealkylation sites (tertiary alicyclic amines) is 1. The summed E-state index contributed by atoms with van der Waals surface area (Å²) >= 11 is 1.94. The molecule has 0 aromatic heterocycles. The lowest BCUT2D eigenvalue weighted by atomic mass is 10.1. The van der Waals surface area contributed by atoms with Gasteiger partial charge in [0.1, 0.15) is 5.75 Å². The number of hydrogen-bond acceptors (Lipinski definition) is 3. The summed E-state index contributed by atoms with van der Waals surface area (Å²) < 4.78 is 0. The molecule has 1 fully saturated rings. The number of aromatic hydroxyl groups is 1. The van der Waals surface area contributed by atoms with Crippen molar-refractivity contribution >= 4 is 24.2 Å². The third kappa shape index (κ3) is 5.76.